The molecule has 140 valence electrons. The second-order valence-electron chi connectivity index (χ2n) is 6.47. The standard InChI is InChI=1S/C23H21N3OS/c27-21(19-12-6-2-7-13-19)17-28-23-25-24-22(16-18-10-4-1-5-11-18)26(23)20-14-8-3-9-15-20/h1-15,21,27H,16-17H2. The van der Waals surface area contributed by atoms with Crippen molar-refractivity contribution in [1.29, 1.82) is 0 Å². The van der Waals surface area contributed by atoms with E-state index in [1.165, 1.54) is 17.3 Å². The molecule has 5 heteroatoms. The Kier molecular flexibility index (Phi) is 5.85. The molecule has 0 radical (unpaired) electrons. The molecule has 1 heterocycles. The van der Waals surface area contributed by atoms with Crippen LogP contribution >= 0.6 is 11.8 Å². The molecule has 0 fully saturated rings. The summed E-state index contributed by atoms with van der Waals surface area (Å²) >= 11 is 1.52. The highest BCUT2D eigenvalue weighted by Crippen LogP contribution is 2.27. The van der Waals surface area contributed by atoms with Gasteiger partial charge in [0.1, 0.15) is 5.82 Å². The van der Waals surface area contributed by atoms with Gasteiger partial charge in [0.05, 0.1) is 6.10 Å². The summed E-state index contributed by atoms with van der Waals surface area (Å²) in [5.74, 6) is 1.40. The number of benzene rings is 3. The Morgan fingerprint density at radius 3 is 2.07 bits per heavy atom. The first-order valence-electron chi connectivity index (χ1n) is 9.21. The van der Waals surface area contributed by atoms with E-state index in [0.717, 1.165) is 22.2 Å². The molecule has 0 amide bonds. The van der Waals surface area contributed by atoms with E-state index in [1.807, 2.05) is 66.7 Å². The minimum Gasteiger partial charge on any atom is -0.388 e. The highest BCUT2D eigenvalue weighted by molar-refractivity contribution is 7.99. The minimum absolute atomic E-state index is 0.514. The van der Waals surface area contributed by atoms with Gasteiger partial charge in [-0.2, -0.15) is 0 Å². The van der Waals surface area contributed by atoms with Crippen molar-refractivity contribution in [3.8, 4) is 5.69 Å². The molecule has 0 saturated carbocycles. The monoisotopic (exact) mass is 387 g/mol. The molecule has 0 aliphatic rings. The van der Waals surface area contributed by atoms with Crippen LogP contribution in [0.2, 0.25) is 0 Å². The van der Waals surface area contributed by atoms with Gasteiger partial charge in [-0.3, -0.25) is 4.57 Å². The van der Waals surface area contributed by atoms with Crippen molar-refractivity contribution in [2.24, 2.45) is 0 Å². The molecule has 4 rings (SSSR count). The third kappa shape index (κ3) is 4.32. The molecule has 1 unspecified atom stereocenters. The molecule has 1 aromatic heterocycles. The normalized spacial score (nSPS) is 12.0. The Hall–Kier alpha value is -2.89. The zero-order chi connectivity index (χ0) is 19.2. The second-order valence-corrected chi connectivity index (χ2v) is 7.46. The molecule has 0 aliphatic heterocycles. The number of para-hydroxylation sites is 1. The van der Waals surface area contributed by atoms with Crippen LogP contribution in [0.25, 0.3) is 5.69 Å². The van der Waals surface area contributed by atoms with Crippen molar-refractivity contribution in [1.82, 2.24) is 14.8 Å². The SMILES string of the molecule is OC(CSc1nnc(Cc2ccccc2)n1-c1ccccc1)c1ccccc1. The Morgan fingerprint density at radius 1 is 0.786 bits per heavy atom. The number of rotatable bonds is 7. The Labute approximate surface area is 168 Å². The second kappa shape index (κ2) is 8.87. The van der Waals surface area contributed by atoms with E-state index < -0.39 is 6.10 Å². The summed E-state index contributed by atoms with van der Waals surface area (Å²) in [6.07, 6.45) is 0.148. The minimum atomic E-state index is -0.551. The van der Waals surface area contributed by atoms with Crippen molar-refractivity contribution in [2.75, 3.05) is 5.75 Å². The van der Waals surface area contributed by atoms with Gasteiger partial charge in [0, 0.05) is 17.9 Å². The summed E-state index contributed by atoms with van der Waals surface area (Å²) in [6, 6.07) is 30.1. The Balaban J connectivity index is 1.60. The highest BCUT2D eigenvalue weighted by Gasteiger charge is 2.17. The van der Waals surface area contributed by atoms with Crippen LogP contribution in [0.4, 0.5) is 0 Å². The summed E-state index contributed by atoms with van der Waals surface area (Å²) in [5.41, 5.74) is 3.12. The molecule has 4 nitrogen and oxygen atoms in total. The van der Waals surface area contributed by atoms with E-state index in [2.05, 4.69) is 39.0 Å². The van der Waals surface area contributed by atoms with Gasteiger partial charge in [-0.1, -0.05) is 90.6 Å². The van der Waals surface area contributed by atoms with Gasteiger partial charge >= 0.3 is 0 Å². The number of aliphatic hydroxyl groups excluding tert-OH is 1. The molecule has 28 heavy (non-hydrogen) atoms. The van der Waals surface area contributed by atoms with Gasteiger partial charge in [0.2, 0.25) is 0 Å². The van der Waals surface area contributed by atoms with Crippen molar-refractivity contribution >= 4 is 11.8 Å². The largest absolute Gasteiger partial charge is 0.388 e. The number of hydrogen-bond donors (Lipinski definition) is 1. The first-order valence-corrected chi connectivity index (χ1v) is 10.2. The van der Waals surface area contributed by atoms with Crippen molar-refractivity contribution < 1.29 is 5.11 Å². The quantitative estimate of drug-likeness (QED) is 0.468. The van der Waals surface area contributed by atoms with Crippen LogP contribution in [0.3, 0.4) is 0 Å². The van der Waals surface area contributed by atoms with Gasteiger partial charge in [0.25, 0.3) is 0 Å². The number of nitrogens with zero attached hydrogens (tertiary/aromatic N) is 3. The predicted molar refractivity (Wildman–Crippen MR) is 113 cm³/mol. The predicted octanol–water partition coefficient (Wildman–Crippen LogP) is 4.68. The van der Waals surface area contributed by atoms with E-state index >= 15 is 0 Å². The van der Waals surface area contributed by atoms with Crippen LogP contribution < -0.4 is 0 Å². The smallest absolute Gasteiger partial charge is 0.195 e. The van der Waals surface area contributed by atoms with Crippen LogP contribution in [-0.4, -0.2) is 25.6 Å². The molecular weight excluding hydrogens is 366 g/mol. The lowest BCUT2D eigenvalue weighted by molar-refractivity contribution is 0.204. The number of hydrogen-bond acceptors (Lipinski definition) is 4. The fraction of sp³-hybridized carbons (Fsp3) is 0.130. The molecule has 3 aromatic carbocycles. The van der Waals surface area contributed by atoms with Crippen molar-refractivity contribution in [2.45, 2.75) is 17.7 Å². The molecule has 0 bridgehead atoms. The lowest BCUT2D eigenvalue weighted by Gasteiger charge is -2.13. The first-order chi connectivity index (χ1) is 13.8. The average Bonchev–Trinajstić information content (AvgIpc) is 3.16. The zero-order valence-electron chi connectivity index (χ0n) is 15.3. The summed E-state index contributed by atoms with van der Waals surface area (Å²) < 4.78 is 2.08. The van der Waals surface area contributed by atoms with Crippen LogP contribution in [0.15, 0.2) is 96.2 Å². The van der Waals surface area contributed by atoms with Crippen molar-refractivity contribution in [3.63, 3.8) is 0 Å². The lowest BCUT2D eigenvalue weighted by Crippen LogP contribution is -2.05. The molecule has 1 atom stereocenters. The van der Waals surface area contributed by atoms with Crippen LogP contribution in [0.5, 0.6) is 0 Å². The molecule has 1 N–H and O–H groups in total. The maximum Gasteiger partial charge on any atom is 0.195 e. The van der Waals surface area contributed by atoms with Gasteiger partial charge in [-0.25, -0.2) is 0 Å². The molecule has 0 saturated heterocycles. The average molecular weight is 388 g/mol. The van der Waals surface area contributed by atoms with Crippen LogP contribution in [0, 0.1) is 0 Å². The van der Waals surface area contributed by atoms with Crippen LogP contribution in [0.1, 0.15) is 23.1 Å². The Morgan fingerprint density at radius 2 is 1.39 bits per heavy atom. The molecular formula is C23H21N3OS. The summed E-state index contributed by atoms with van der Waals surface area (Å²) in [6.45, 7) is 0. The first kappa shape index (κ1) is 18.5. The highest BCUT2D eigenvalue weighted by atomic mass is 32.2. The van der Waals surface area contributed by atoms with Gasteiger partial charge in [0.15, 0.2) is 5.16 Å². The van der Waals surface area contributed by atoms with E-state index in [9.17, 15) is 5.11 Å². The topological polar surface area (TPSA) is 50.9 Å². The summed E-state index contributed by atoms with van der Waals surface area (Å²) in [5, 5.41) is 20.2. The number of thioether (sulfide) groups is 1. The Bertz CT molecular complexity index is 1000. The van der Waals surface area contributed by atoms with E-state index in [4.69, 9.17) is 0 Å². The van der Waals surface area contributed by atoms with E-state index in [1.54, 1.807) is 0 Å². The lowest BCUT2D eigenvalue weighted by atomic mass is 10.1. The molecule has 4 aromatic rings. The molecule has 0 spiro atoms. The summed E-state index contributed by atoms with van der Waals surface area (Å²) in [4.78, 5) is 0. The number of aromatic nitrogens is 3. The third-order valence-electron chi connectivity index (χ3n) is 4.47. The number of aliphatic hydroxyl groups is 1. The van der Waals surface area contributed by atoms with Gasteiger partial charge in [-0.05, 0) is 23.3 Å². The molecule has 0 aliphatic carbocycles. The van der Waals surface area contributed by atoms with Gasteiger partial charge in [-0.15, -0.1) is 10.2 Å². The maximum absolute atomic E-state index is 10.5. The summed E-state index contributed by atoms with van der Waals surface area (Å²) in [7, 11) is 0. The fourth-order valence-corrected chi connectivity index (χ4v) is 3.99. The zero-order valence-corrected chi connectivity index (χ0v) is 16.2. The third-order valence-corrected chi connectivity index (χ3v) is 5.48. The van der Waals surface area contributed by atoms with E-state index in [0.29, 0.717) is 12.2 Å². The van der Waals surface area contributed by atoms with Crippen molar-refractivity contribution in [3.05, 3.63) is 108 Å². The van der Waals surface area contributed by atoms with Gasteiger partial charge < -0.3 is 5.11 Å². The van der Waals surface area contributed by atoms with E-state index in [-0.39, 0.29) is 0 Å². The van der Waals surface area contributed by atoms with Crippen LogP contribution in [-0.2, 0) is 6.42 Å². The fourth-order valence-electron chi connectivity index (χ4n) is 3.05. The maximum atomic E-state index is 10.5.